The predicted octanol–water partition coefficient (Wildman–Crippen LogP) is 1.19. The molecular weight excluding hydrogens is 246 g/mol. The molecular formula is C13H13N3O3. The number of rotatable bonds is 4. The van der Waals surface area contributed by atoms with Gasteiger partial charge in [-0.2, -0.15) is 5.26 Å². The molecule has 19 heavy (non-hydrogen) atoms. The van der Waals surface area contributed by atoms with Crippen molar-refractivity contribution in [3.8, 4) is 11.8 Å². The van der Waals surface area contributed by atoms with Crippen molar-refractivity contribution in [2.24, 2.45) is 5.73 Å². The van der Waals surface area contributed by atoms with E-state index >= 15 is 0 Å². The number of carbonyl (C=O) groups excluding carboxylic acids is 2. The van der Waals surface area contributed by atoms with Crippen molar-refractivity contribution in [1.29, 1.82) is 5.26 Å². The fourth-order valence-electron chi connectivity index (χ4n) is 1.37. The Balaban J connectivity index is 3.08. The fraction of sp³-hybridized carbons (Fsp3) is 0.154. The van der Waals surface area contributed by atoms with Crippen molar-refractivity contribution in [1.82, 2.24) is 5.32 Å². The van der Waals surface area contributed by atoms with E-state index in [0.29, 0.717) is 17.9 Å². The maximum absolute atomic E-state index is 11.5. The Morgan fingerprint density at radius 3 is 2.74 bits per heavy atom. The van der Waals surface area contributed by atoms with Crippen molar-refractivity contribution in [2.75, 3.05) is 6.61 Å². The molecule has 1 aromatic rings. The van der Waals surface area contributed by atoms with E-state index in [9.17, 15) is 9.59 Å². The molecule has 0 aliphatic carbocycles. The van der Waals surface area contributed by atoms with Crippen molar-refractivity contribution in [3.05, 3.63) is 35.4 Å². The van der Waals surface area contributed by atoms with E-state index in [0.717, 1.165) is 0 Å². The number of urea groups is 1. The molecule has 6 heteroatoms. The van der Waals surface area contributed by atoms with E-state index < -0.39 is 11.9 Å². The molecule has 1 aromatic carbocycles. The molecule has 0 bridgehead atoms. The van der Waals surface area contributed by atoms with Gasteiger partial charge in [0.25, 0.3) is 5.91 Å². The standard InChI is InChI=1S/C13H13N3O3/c1-2-19-11-6-4-3-5-9(11)7-10(8-14)12(17)16-13(15)18/h3-7H,2H2,1H3,(H3,15,16,17,18)/b10-7-. The van der Waals surface area contributed by atoms with Crippen LogP contribution in [-0.2, 0) is 4.79 Å². The highest BCUT2D eigenvalue weighted by molar-refractivity contribution is 6.08. The van der Waals surface area contributed by atoms with Crippen LogP contribution in [0, 0.1) is 11.3 Å². The Labute approximate surface area is 110 Å². The molecule has 0 atom stereocenters. The zero-order valence-corrected chi connectivity index (χ0v) is 10.3. The molecule has 1 rings (SSSR count). The summed E-state index contributed by atoms with van der Waals surface area (Å²) in [5, 5.41) is 10.8. The van der Waals surface area contributed by atoms with Crippen LogP contribution in [0.25, 0.3) is 6.08 Å². The normalized spacial score (nSPS) is 10.4. The van der Waals surface area contributed by atoms with Gasteiger partial charge in [0, 0.05) is 5.56 Å². The third-order valence-corrected chi connectivity index (χ3v) is 2.12. The van der Waals surface area contributed by atoms with Crippen LogP contribution in [-0.4, -0.2) is 18.5 Å². The molecule has 98 valence electrons. The number of carbonyl (C=O) groups is 2. The summed E-state index contributed by atoms with van der Waals surface area (Å²) in [5.41, 5.74) is 5.16. The first kappa shape index (κ1) is 14.3. The Hall–Kier alpha value is -2.81. The first-order valence-electron chi connectivity index (χ1n) is 5.53. The van der Waals surface area contributed by atoms with Crippen molar-refractivity contribution >= 4 is 18.0 Å². The van der Waals surface area contributed by atoms with Crippen LogP contribution >= 0.6 is 0 Å². The van der Waals surface area contributed by atoms with Gasteiger partial charge in [-0.3, -0.25) is 10.1 Å². The fourth-order valence-corrected chi connectivity index (χ4v) is 1.37. The van der Waals surface area contributed by atoms with Gasteiger partial charge in [-0.25, -0.2) is 4.79 Å². The van der Waals surface area contributed by atoms with Crippen LogP contribution < -0.4 is 15.8 Å². The lowest BCUT2D eigenvalue weighted by molar-refractivity contribution is -0.115. The van der Waals surface area contributed by atoms with Gasteiger partial charge in [-0.15, -0.1) is 0 Å². The summed E-state index contributed by atoms with van der Waals surface area (Å²) < 4.78 is 5.37. The number of nitrogens with two attached hydrogens (primary N) is 1. The first-order chi connectivity index (χ1) is 9.08. The molecule has 0 saturated carbocycles. The van der Waals surface area contributed by atoms with Gasteiger partial charge >= 0.3 is 6.03 Å². The van der Waals surface area contributed by atoms with E-state index in [1.165, 1.54) is 6.08 Å². The Morgan fingerprint density at radius 1 is 1.47 bits per heavy atom. The van der Waals surface area contributed by atoms with Crippen LogP contribution in [0.4, 0.5) is 4.79 Å². The summed E-state index contributed by atoms with van der Waals surface area (Å²) in [4.78, 5) is 22.1. The SMILES string of the molecule is CCOc1ccccc1/C=C(/C#N)C(=O)NC(N)=O. The smallest absolute Gasteiger partial charge is 0.319 e. The molecule has 0 fully saturated rings. The van der Waals surface area contributed by atoms with Gasteiger partial charge < -0.3 is 10.5 Å². The number of hydrogen-bond acceptors (Lipinski definition) is 4. The lowest BCUT2D eigenvalue weighted by Gasteiger charge is -2.07. The lowest BCUT2D eigenvalue weighted by Crippen LogP contribution is -2.35. The second-order valence-corrected chi connectivity index (χ2v) is 3.46. The van der Waals surface area contributed by atoms with Crippen molar-refractivity contribution < 1.29 is 14.3 Å². The molecule has 0 unspecified atom stereocenters. The number of imide groups is 1. The number of nitrogens with zero attached hydrogens (tertiary/aromatic N) is 1. The van der Waals surface area contributed by atoms with E-state index in [1.54, 1.807) is 30.3 Å². The molecule has 0 aliphatic heterocycles. The number of amides is 3. The summed E-state index contributed by atoms with van der Waals surface area (Å²) in [7, 11) is 0. The van der Waals surface area contributed by atoms with E-state index in [4.69, 9.17) is 15.7 Å². The van der Waals surface area contributed by atoms with Crippen molar-refractivity contribution in [2.45, 2.75) is 6.92 Å². The van der Waals surface area contributed by atoms with E-state index in [-0.39, 0.29) is 5.57 Å². The largest absolute Gasteiger partial charge is 0.493 e. The molecule has 0 heterocycles. The zero-order valence-electron chi connectivity index (χ0n) is 10.3. The molecule has 0 saturated heterocycles. The highest BCUT2D eigenvalue weighted by Crippen LogP contribution is 2.20. The third kappa shape index (κ3) is 4.16. The summed E-state index contributed by atoms with van der Waals surface area (Å²) >= 11 is 0. The van der Waals surface area contributed by atoms with Gasteiger partial charge in [-0.05, 0) is 19.1 Å². The topological polar surface area (TPSA) is 105 Å². The van der Waals surface area contributed by atoms with E-state index in [2.05, 4.69) is 0 Å². The molecule has 0 spiro atoms. The number of hydrogen-bond donors (Lipinski definition) is 2. The third-order valence-electron chi connectivity index (χ3n) is 2.12. The number of para-hydroxylation sites is 1. The summed E-state index contributed by atoms with van der Waals surface area (Å²) in [5.74, 6) is -0.300. The van der Waals surface area contributed by atoms with Gasteiger partial charge in [0.1, 0.15) is 17.4 Å². The number of nitriles is 1. The zero-order chi connectivity index (χ0) is 14.3. The number of primary amides is 1. The minimum atomic E-state index is -1.01. The average molecular weight is 259 g/mol. The Morgan fingerprint density at radius 2 is 2.16 bits per heavy atom. The number of ether oxygens (including phenoxy) is 1. The van der Waals surface area contributed by atoms with Crippen LogP contribution in [0.2, 0.25) is 0 Å². The summed E-state index contributed by atoms with van der Waals surface area (Å²) in [6.45, 7) is 2.28. The Bertz CT molecular complexity index is 558. The highest BCUT2D eigenvalue weighted by Gasteiger charge is 2.12. The van der Waals surface area contributed by atoms with Crippen LogP contribution in [0.15, 0.2) is 29.8 Å². The van der Waals surface area contributed by atoms with Crippen LogP contribution in [0.5, 0.6) is 5.75 Å². The molecule has 3 amide bonds. The second-order valence-electron chi connectivity index (χ2n) is 3.46. The van der Waals surface area contributed by atoms with Gasteiger partial charge in [-0.1, -0.05) is 18.2 Å². The molecule has 3 N–H and O–H groups in total. The maximum atomic E-state index is 11.5. The average Bonchev–Trinajstić information content (AvgIpc) is 2.37. The molecule has 0 radical (unpaired) electrons. The monoisotopic (exact) mass is 259 g/mol. The number of benzene rings is 1. The second kappa shape index (κ2) is 6.81. The lowest BCUT2D eigenvalue weighted by atomic mass is 10.1. The minimum absolute atomic E-state index is 0.231. The van der Waals surface area contributed by atoms with E-state index in [1.807, 2.05) is 12.2 Å². The van der Waals surface area contributed by atoms with Gasteiger partial charge in [0.15, 0.2) is 0 Å². The van der Waals surface area contributed by atoms with Crippen molar-refractivity contribution in [3.63, 3.8) is 0 Å². The number of nitrogens with one attached hydrogen (secondary N) is 1. The quantitative estimate of drug-likeness (QED) is 0.625. The molecule has 0 aliphatic rings. The predicted molar refractivity (Wildman–Crippen MR) is 68.9 cm³/mol. The van der Waals surface area contributed by atoms with Crippen LogP contribution in [0.3, 0.4) is 0 Å². The maximum Gasteiger partial charge on any atom is 0.319 e. The molecule has 6 nitrogen and oxygen atoms in total. The van der Waals surface area contributed by atoms with Gasteiger partial charge in [0.05, 0.1) is 6.61 Å². The summed E-state index contributed by atoms with van der Waals surface area (Å²) in [6, 6.07) is 7.63. The first-order valence-corrected chi connectivity index (χ1v) is 5.53. The van der Waals surface area contributed by atoms with Crippen LogP contribution in [0.1, 0.15) is 12.5 Å². The highest BCUT2D eigenvalue weighted by atomic mass is 16.5. The summed E-state index contributed by atoms with van der Waals surface area (Å²) in [6.07, 6.45) is 1.34. The minimum Gasteiger partial charge on any atom is -0.493 e. The van der Waals surface area contributed by atoms with Gasteiger partial charge in [0.2, 0.25) is 0 Å². The molecule has 0 aromatic heterocycles. The Kier molecular flexibility index (Phi) is 5.11.